The first-order chi connectivity index (χ1) is 15.2. The molecule has 0 saturated carbocycles. The second-order valence-electron chi connectivity index (χ2n) is 6.70. The van der Waals surface area contributed by atoms with Gasteiger partial charge in [-0.3, -0.25) is 4.79 Å². The zero-order chi connectivity index (χ0) is 23.0. The largest absolute Gasteiger partial charge is 0.494 e. The van der Waals surface area contributed by atoms with E-state index in [1.807, 2.05) is 0 Å². The van der Waals surface area contributed by atoms with Crippen LogP contribution in [0.4, 0.5) is 23.7 Å². The maximum atomic E-state index is 12.8. The van der Waals surface area contributed by atoms with E-state index >= 15 is 0 Å². The molecule has 0 fully saturated rings. The first-order valence-electron chi connectivity index (χ1n) is 9.25. The molecule has 2 heterocycles. The number of rotatable bonds is 5. The van der Waals surface area contributed by atoms with Crippen molar-refractivity contribution in [1.29, 1.82) is 0 Å². The van der Waals surface area contributed by atoms with Crippen molar-refractivity contribution in [1.82, 2.24) is 14.6 Å². The van der Waals surface area contributed by atoms with Gasteiger partial charge in [0.1, 0.15) is 5.71 Å². The molecule has 1 amide bonds. The molecule has 1 atom stereocenters. The summed E-state index contributed by atoms with van der Waals surface area (Å²) in [6, 6.07) is 12.3. The summed E-state index contributed by atoms with van der Waals surface area (Å²) < 4.78 is 50.5. The van der Waals surface area contributed by atoms with Gasteiger partial charge in [-0.05, 0) is 18.2 Å². The average molecular weight is 464 g/mol. The van der Waals surface area contributed by atoms with Crippen molar-refractivity contribution < 1.29 is 32.1 Å². The van der Waals surface area contributed by atoms with Crippen LogP contribution in [0.3, 0.4) is 0 Å². The van der Waals surface area contributed by atoms with Gasteiger partial charge in [-0.25, -0.2) is 23.3 Å². The third-order valence-electron chi connectivity index (χ3n) is 4.73. The molecule has 12 heteroatoms. The molecular weight excluding hydrogens is 449 g/mol. The van der Waals surface area contributed by atoms with Crippen LogP contribution >= 0.6 is 0 Å². The third-order valence-corrected chi connectivity index (χ3v) is 5.62. The number of aliphatic imine (C=N–C) groups is 1. The fourth-order valence-corrected chi connectivity index (χ4v) is 3.82. The molecule has 2 aromatic carbocycles. The second kappa shape index (κ2) is 8.20. The van der Waals surface area contributed by atoms with E-state index in [9.17, 15) is 32.1 Å². The highest BCUT2D eigenvalue weighted by Crippen LogP contribution is 2.37. The Labute approximate surface area is 181 Å². The van der Waals surface area contributed by atoms with E-state index in [-0.39, 0.29) is 23.3 Å². The number of aromatic hydroxyl groups is 1. The predicted octanol–water partition coefficient (Wildman–Crippen LogP) is 2.99. The van der Waals surface area contributed by atoms with Crippen LogP contribution in [0.1, 0.15) is 15.9 Å². The van der Waals surface area contributed by atoms with E-state index in [0.29, 0.717) is 16.6 Å². The van der Waals surface area contributed by atoms with Gasteiger partial charge in [0.15, 0.2) is 11.0 Å². The van der Waals surface area contributed by atoms with Gasteiger partial charge in [0.2, 0.25) is 11.7 Å². The van der Waals surface area contributed by atoms with E-state index < -0.39 is 40.7 Å². The molecule has 32 heavy (non-hydrogen) atoms. The summed E-state index contributed by atoms with van der Waals surface area (Å²) in [6.07, 6.45) is 0. The van der Waals surface area contributed by atoms with Crippen molar-refractivity contribution >= 4 is 45.1 Å². The minimum absolute atomic E-state index is 0.0197. The summed E-state index contributed by atoms with van der Waals surface area (Å²) in [4.78, 5) is 29.9. The topological polar surface area (TPSA) is 113 Å². The van der Waals surface area contributed by atoms with E-state index in [1.165, 1.54) is 0 Å². The lowest BCUT2D eigenvalue weighted by Crippen LogP contribution is -2.38. The lowest BCUT2D eigenvalue weighted by molar-refractivity contribution is -0.0394. The summed E-state index contributed by atoms with van der Waals surface area (Å²) in [5.74, 6) is -0.937. The van der Waals surface area contributed by atoms with Crippen molar-refractivity contribution in [3.8, 4) is 5.88 Å². The zero-order valence-corrected chi connectivity index (χ0v) is 17.0. The van der Waals surface area contributed by atoms with Crippen LogP contribution in [0.2, 0.25) is 0 Å². The van der Waals surface area contributed by atoms with Crippen LogP contribution in [-0.4, -0.2) is 50.0 Å². The number of carbonyl (C=O) groups excluding carboxylic acids is 2. The van der Waals surface area contributed by atoms with Gasteiger partial charge in [-0.1, -0.05) is 30.3 Å². The fraction of sp³-hybridized carbons (Fsp3) is 0.150. The van der Waals surface area contributed by atoms with Gasteiger partial charge in [-0.2, -0.15) is 13.2 Å². The van der Waals surface area contributed by atoms with Crippen LogP contribution in [0.25, 0.3) is 10.9 Å². The highest BCUT2D eigenvalue weighted by atomic mass is 32.2. The minimum atomic E-state index is -4.92. The average Bonchev–Trinajstić information content (AvgIpc) is 3.23. The highest BCUT2D eigenvalue weighted by molar-refractivity contribution is 7.83. The van der Waals surface area contributed by atoms with Crippen LogP contribution in [-0.2, 0) is 11.0 Å². The first kappa shape index (κ1) is 21.7. The summed E-state index contributed by atoms with van der Waals surface area (Å²) in [5, 5.41) is 13.6. The Hall–Kier alpha value is -3.51. The van der Waals surface area contributed by atoms with E-state index in [2.05, 4.69) is 10.3 Å². The maximum absolute atomic E-state index is 12.8. The summed E-state index contributed by atoms with van der Waals surface area (Å²) in [6.45, 7) is -0.724. The normalized spacial score (nSPS) is 14.3. The van der Waals surface area contributed by atoms with Gasteiger partial charge >= 0.3 is 11.5 Å². The number of alkyl halides is 3. The molecule has 0 saturated heterocycles. The number of aromatic nitrogens is 1. The third kappa shape index (κ3) is 3.78. The van der Waals surface area contributed by atoms with Crippen LogP contribution < -0.4 is 10.0 Å². The summed E-state index contributed by atoms with van der Waals surface area (Å²) in [7, 11) is -3.26. The number of para-hydroxylation sites is 2. The van der Waals surface area contributed by atoms with Gasteiger partial charge in [-0.15, -0.1) is 0 Å². The summed E-state index contributed by atoms with van der Waals surface area (Å²) >= 11 is 0. The van der Waals surface area contributed by atoms with Crippen molar-refractivity contribution in [2.75, 3.05) is 13.1 Å². The van der Waals surface area contributed by atoms with Crippen LogP contribution in [0.5, 0.6) is 5.88 Å². The molecule has 0 spiro atoms. The smallest absolute Gasteiger partial charge is 0.485 e. The molecule has 0 aliphatic carbocycles. The first-order valence-corrected chi connectivity index (χ1v) is 10.4. The second-order valence-corrected chi connectivity index (χ2v) is 7.99. The van der Waals surface area contributed by atoms with Gasteiger partial charge in [0, 0.05) is 24.0 Å². The standard InChI is InChI=1S/C20H15F3N4O4S/c21-20(22,23)32(31)25-10-9-24-19(30)27-14-8-4-2-6-12(14)15(18(27)29)16-17(28)11-5-1-3-7-13(11)26-16/h1-8,25,29H,9-10H2,(H,24,30). The SMILES string of the molecule is O=C1C(c2c(O)n(C(=O)NCCNS(=O)C(F)(F)F)c3ccccc23)=Nc2ccccc21. The molecule has 0 bridgehead atoms. The van der Waals surface area contributed by atoms with Gasteiger partial charge in [0.25, 0.3) is 0 Å². The number of fused-ring (bicyclic) bond motifs is 2. The Morgan fingerprint density at radius 1 is 1.09 bits per heavy atom. The van der Waals surface area contributed by atoms with Gasteiger partial charge in [0.05, 0.1) is 16.8 Å². The molecule has 1 aliphatic rings. The minimum Gasteiger partial charge on any atom is -0.494 e. The number of benzene rings is 2. The van der Waals surface area contributed by atoms with E-state index in [4.69, 9.17) is 0 Å². The highest BCUT2D eigenvalue weighted by Gasteiger charge is 2.37. The molecule has 1 aromatic heterocycles. The lowest BCUT2D eigenvalue weighted by Gasteiger charge is -2.10. The number of ketones is 1. The van der Waals surface area contributed by atoms with E-state index in [0.717, 1.165) is 4.57 Å². The van der Waals surface area contributed by atoms with Crippen molar-refractivity contribution in [3.63, 3.8) is 0 Å². The number of nitrogens with zero attached hydrogens (tertiary/aromatic N) is 2. The Morgan fingerprint density at radius 3 is 2.50 bits per heavy atom. The molecule has 3 aromatic rings. The lowest BCUT2D eigenvalue weighted by atomic mass is 10.0. The zero-order valence-electron chi connectivity index (χ0n) is 16.1. The molecular formula is C20H15F3N4O4S. The number of nitrogens with one attached hydrogen (secondary N) is 2. The molecule has 4 rings (SSSR count). The Morgan fingerprint density at radius 2 is 1.78 bits per heavy atom. The quantitative estimate of drug-likeness (QED) is 0.504. The Balaban J connectivity index is 1.62. The molecule has 3 N–H and O–H groups in total. The number of halogens is 3. The molecule has 1 aliphatic heterocycles. The number of hydrogen-bond acceptors (Lipinski definition) is 5. The molecule has 166 valence electrons. The monoisotopic (exact) mass is 464 g/mol. The van der Waals surface area contributed by atoms with Crippen molar-refractivity contribution in [2.24, 2.45) is 4.99 Å². The molecule has 0 radical (unpaired) electrons. The molecule has 1 unspecified atom stereocenters. The summed E-state index contributed by atoms with van der Waals surface area (Å²) in [5.41, 5.74) is -3.78. The van der Waals surface area contributed by atoms with Crippen molar-refractivity contribution in [2.45, 2.75) is 5.51 Å². The Bertz CT molecular complexity index is 1300. The van der Waals surface area contributed by atoms with Crippen LogP contribution in [0.15, 0.2) is 53.5 Å². The predicted molar refractivity (Wildman–Crippen MR) is 112 cm³/mol. The molecule has 8 nitrogen and oxygen atoms in total. The number of amides is 1. The maximum Gasteiger partial charge on any atom is 0.485 e. The fourth-order valence-electron chi connectivity index (χ4n) is 3.37. The van der Waals surface area contributed by atoms with Crippen LogP contribution in [0, 0.1) is 0 Å². The number of hydrogen-bond donors (Lipinski definition) is 3. The van der Waals surface area contributed by atoms with Gasteiger partial charge < -0.3 is 10.4 Å². The number of Topliss-reactive ketones (excluding diaryl/α,β-unsaturated/α-hetero) is 1. The van der Waals surface area contributed by atoms with E-state index in [1.54, 1.807) is 53.3 Å². The Kier molecular flexibility index (Phi) is 5.57. The van der Waals surface area contributed by atoms with Crippen molar-refractivity contribution in [3.05, 3.63) is 59.7 Å². The number of carbonyl (C=O) groups is 2.